The number of quaternary nitrogens is 1. The maximum absolute atomic E-state index is 13.0. The SMILES string of the molecule is CCCCCCCCCC/C=C\CCCCCCCCCCCCCCCCCCCCCCCCCCCCCCCC(=O)NC(COP(=O)(O)OCC[N+](C)(C)C)C(O)/C=C/CCCCCCCCCCCCCCCC. The summed E-state index contributed by atoms with van der Waals surface area (Å²) in [4.78, 5) is 23.4. The Labute approximate surface area is 494 Å². The molecule has 8 nitrogen and oxygen atoms in total. The van der Waals surface area contributed by atoms with E-state index in [-0.39, 0.29) is 19.1 Å². The number of rotatable bonds is 66. The van der Waals surface area contributed by atoms with E-state index >= 15 is 0 Å². The highest BCUT2D eigenvalue weighted by Gasteiger charge is 2.28. The van der Waals surface area contributed by atoms with Gasteiger partial charge in [-0.2, -0.15) is 0 Å². The van der Waals surface area contributed by atoms with Crippen molar-refractivity contribution in [1.29, 1.82) is 0 Å². The van der Waals surface area contributed by atoms with Gasteiger partial charge in [0.25, 0.3) is 0 Å². The van der Waals surface area contributed by atoms with E-state index in [1.165, 1.54) is 315 Å². The molecular formula is C70H140N2O6P+. The second-order valence-electron chi connectivity index (χ2n) is 25.6. The predicted molar refractivity (Wildman–Crippen MR) is 346 cm³/mol. The van der Waals surface area contributed by atoms with E-state index in [1.807, 2.05) is 27.2 Å². The number of aliphatic hydroxyl groups is 1. The van der Waals surface area contributed by atoms with E-state index in [2.05, 4.69) is 31.3 Å². The van der Waals surface area contributed by atoms with Gasteiger partial charge in [-0.15, -0.1) is 0 Å². The van der Waals surface area contributed by atoms with Crippen molar-refractivity contribution in [3.8, 4) is 0 Å². The average Bonchev–Trinajstić information content (AvgIpc) is 3.42. The molecule has 0 saturated carbocycles. The minimum absolute atomic E-state index is 0.0646. The van der Waals surface area contributed by atoms with E-state index < -0.39 is 20.0 Å². The van der Waals surface area contributed by atoms with Gasteiger partial charge in [0.15, 0.2) is 0 Å². The first-order valence-corrected chi connectivity index (χ1v) is 36.7. The fraction of sp³-hybridized carbons (Fsp3) is 0.929. The molecule has 3 unspecified atom stereocenters. The van der Waals surface area contributed by atoms with Gasteiger partial charge in [0.05, 0.1) is 39.9 Å². The van der Waals surface area contributed by atoms with Gasteiger partial charge in [-0.1, -0.05) is 340 Å². The Kier molecular flexibility index (Phi) is 60.7. The minimum atomic E-state index is -4.35. The Morgan fingerprint density at radius 1 is 0.418 bits per heavy atom. The smallest absolute Gasteiger partial charge is 0.387 e. The number of likely N-dealkylation sites (N-methyl/N-ethyl adjacent to an activating group) is 1. The van der Waals surface area contributed by atoms with Crippen LogP contribution in [0.4, 0.5) is 0 Å². The Morgan fingerprint density at radius 3 is 0.975 bits per heavy atom. The first-order chi connectivity index (χ1) is 38.5. The number of amides is 1. The zero-order valence-electron chi connectivity index (χ0n) is 53.9. The third-order valence-corrected chi connectivity index (χ3v) is 17.4. The summed E-state index contributed by atoms with van der Waals surface area (Å²) >= 11 is 0. The highest BCUT2D eigenvalue weighted by atomic mass is 31.2. The number of hydrogen-bond donors (Lipinski definition) is 3. The van der Waals surface area contributed by atoms with Crippen LogP contribution in [0.15, 0.2) is 24.3 Å². The van der Waals surface area contributed by atoms with Crippen molar-refractivity contribution in [2.24, 2.45) is 0 Å². The number of phosphoric acid groups is 1. The summed E-state index contributed by atoms with van der Waals surface area (Å²) in [7, 11) is 1.59. The first-order valence-electron chi connectivity index (χ1n) is 35.2. The number of aliphatic hydroxyl groups excluding tert-OH is 1. The number of carbonyl (C=O) groups is 1. The molecule has 470 valence electrons. The largest absolute Gasteiger partial charge is 0.472 e. The second kappa shape index (κ2) is 61.5. The molecule has 0 saturated heterocycles. The lowest BCUT2D eigenvalue weighted by molar-refractivity contribution is -0.870. The van der Waals surface area contributed by atoms with Crippen LogP contribution in [0.3, 0.4) is 0 Å². The van der Waals surface area contributed by atoms with E-state index in [1.54, 1.807) is 6.08 Å². The van der Waals surface area contributed by atoms with Crippen LogP contribution in [0.5, 0.6) is 0 Å². The van der Waals surface area contributed by atoms with Crippen molar-refractivity contribution in [1.82, 2.24) is 5.32 Å². The van der Waals surface area contributed by atoms with Gasteiger partial charge in [-0.3, -0.25) is 13.8 Å². The van der Waals surface area contributed by atoms with E-state index in [0.29, 0.717) is 17.4 Å². The lowest BCUT2D eigenvalue weighted by Gasteiger charge is -2.25. The third kappa shape index (κ3) is 64.4. The Balaban J connectivity index is 3.84. The molecule has 1 amide bonds. The van der Waals surface area contributed by atoms with E-state index in [4.69, 9.17) is 9.05 Å². The molecule has 0 rings (SSSR count). The summed E-state index contributed by atoms with van der Waals surface area (Å²) < 4.78 is 23.8. The fourth-order valence-electron chi connectivity index (χ4n) is 10.9. The highest BCUT2D eigenvalue weighted by molar-refractivity contribution is 7.47. The second-order valence-corrected chi connectivity index (χ2v) is 27.1. The van der Waals surface area contributed by atoms with Gasteiger partial charge < -0.3 is 19.8 Å². The van der Waals surface area contributed by atoms with Crippen LogP contribution in [-0.4, -0.2) is 73.4 Å². The fourth-order valence-corrected chi connectivity index (χ4v) is 11.7. The van der Waals surface area contributed by atoms with Crippen molar-refractivity contribution in [2.45, 2.75) is 379 Å². The number of carbonyl (C=O) groups excluding carboxylic acids is 1. The maximum atomic E-state index is 13.0. The van der Waals surface area contributed by atoms with Crippen molar-refractivity contribution in [3.05, 3.63) is 24.3 Å². The number of hydrogen-bond acceptors (Lipinski definition) is 5. The van der Waals surface area contributed by atoms with E-state index in [9.17, 15) is 19.4 Å². The molecule has 0 aliphatic rings. The Morgan fingerprint density at radius 2 is 0.684 bits per heavy atom. The quantitative estimate of drug-likeness (QED) is 0.0243. The summed E-state index contributed by atoms with van der Waals surface area (Å²) in [6.45, 7) is 4.86. The van der Waals surface area contributed by atoms with Crippen molar-refractivity contribution < 1.29 is 32.9 Å². The molecule has 3 N–H and O–H groups in total. The topological polar surface area (TPSA) is 105 Å². The summed E-state index contributed by atoms with van der Waals surface area (Å²) in [5.74, 6) is -0.169. The number of nitrogens with zero attached hydrogens (tertiary/aromatic N) is 1. The molecule has 0 bridgehead atoms. The predicted octanol–water partition coefficient (Wildman–Crippen LogP) is 22.3. The molecule has 0 aromatic carbocycles. The van der Waals surface area contributed by atoms with Crippen LogP contribution in [-0.2, 0) is 18.4 Å². The molecule has 79 heavy (non-hydrogen) atoms. The van der Waals surface area contributed by atoms with Gasteiger partial charge >= 0.3 is 7.82 Å². The standard InChI is InChI=1S/C70H139N2O6P/c1-6-8-10-12-14-16-18-20-22-24-25-26-27-28-29-30-31-32-33-34-35-36-37-38-39-40-41-42-43-44-45-46-47-48-50-52-54-56-58-60-62-64-70(74)71-68(67-78-79(75,76)77-66-65-72(3,4)5)69(73)63-61-59-57-55-53-51-49-23-21-19-17-15-13-11-9-7-2/h24-25,61,63,68-69,73H,6-23,26-60,62,64-67H2,1-5H3,(H-,71,74,75,76)/p+1/b25-24-,63-61+. The monoisotopic (exact) mass is 1140 g/mol. The third-order valence-electron chi connectivity index (χ3n) is 16.4. The van der Waals surface area contributed by atoms with Gasteiger partial charge in [0.2, 0.25) is 5.91 Å². The van der Waals surface area contributed by atoms with Crippen molar-refractivity contribution in [2.75, 3.05) is 40.9 Å². The summed E-state index contributed by atoms with van der Waals surface area (Å²) in [5.41, 5.74) is 0. The molecule has 0 aromatic heterocycles. The summed E-state index contributed by atoms with van der Waals surface area (Å²) in [6, 6.07) is -0.843. The average molecular weight is 1140 g/mol. The normalized spacial score (nSPS) is 13.8. The number of nitrogens with one attached hydrogen (secondary N) is 1. The number of allylic oxidation sites excluding steroid dienone is 3. The highest BCUT2D eigenvalue weighted by Crippen LogP contribution is 2.43. The van der Waals surface area contributed by atoms with E-state index in [0.717, 1.165) is 32.1 Å². The molecule has 0 aromatic rings. The van der Waals surface area contributed by atoms with Crippen LogP contribution in [0.2, 0.25) is 0 Å². The molecule has 0 fully saturated rings. The molecule has 0 spiro atoms. The van der Waals surface area contributed by atoms with Crippen LogP contribution < -0.4 is 5.32 Å². The van der Waals surface area contributed by atoms with Gasteiger partial charge in [-0.05, 0) is 44.9 Å². The van der Waals surface area contributed by atoms with Gasteiger partial charge in [-0.25, -0.2) is 4.57 Å². The molecule has 3 atom stereocenters. The maximum Gasteiger partial charge on any atom is 0.472 e. The zero-order chi connectivity index (χ0) is 57.7. The van der Waals surface area contributed by atoms with Crippen LogP contribution in [0.1, 0.15) is 367 Å². The minimum Gasteiger partial charge on any atom is -0.387 e. The van der Waals surface area contributed by atoms with Crippen LogP contribution >= 0.6 is 7.82 Å². The Bertz CT molecular complexity index is 1340. The van der Waals surface area contributed by atoms with Gasteiger partial charge in [0, 0.05) is 6.42 Å². The molecule has 0 aliphatic carbocycles. The first kappa shape index (κ1) is 78.0. The molecule has 0 heterocycles. The summed E-state index contributed by atoms with van der Waals surface area (Å²) in [5, 5.41) is 14.0. The zero-order valence-corrected chi connectivity index (χ0v) is 54.8. The lowest BCUT2D eigenvalue weighted by Crippen LogP contribution is -2.45. The van der Waals surface area contributed by atoms with Crippen LogP contribution in [0, 0.1) is 0 Å². The molecular weight excluding hydrogens is 996 g/mol. The van der Waals surface area contributed by atoms with Crippen LogP contribution in [0.25, 0.3) is 0 Å². The lowest BCUT2D eigenvalue weighted by atomic mass is 10.0. The van der Waals surface area contributed by atoms with Gasteiger partial charge in [0.1, 0.15) is 13.2 Å². The molecule has 0 aliphatic heterocycles. The van der Waals surface area contributed by atoms with Crippen molar-refractivity contribution >= 4 is 13.7 Å². The Hall–Kier alpha value is -1.02. The number of phosphoric ester groups is 1. The number of unbranched alkanes of at least 4 members (excludes halogenated alkanes) is 51. The molecule has 9 heteroatoms. The van der Waals surface area contributed by atoms with Crippen molar-refractivity contribution in [3.63, 3.8) is 0 Å². The molecule has 0 radical (unpaired) electrons. The summed E-state index contributed by atoms with van der Waals surface area (Å²) in [6.07, 6.45) is 80.6.